The van der Waals surface area contributed by atoms with Crippen molar-refractivity contribution < 1.29 is 0 Å². The van der Waals surface area contributed by atoms with Gasteiger partial charge in [0.15, 0.2) is 11.6 Å². The van der Waals surface area contributed by atoms with E-state index in [2.05, 4.69) is 15.0 Å². The molecule has 0 bridgehead atoms. The lowest BCUT2D eigenvalue weighted by Gasteiger charge is -2.12. The fourth-order valence-corrected chi connectivity index (χ4v) is 4.49. The molecule has 5 rings (SSSR count). The molecule has 4 heterocycles. The maximum atomic E-state index is 4.81. The molecule has 1 aliphatic rings. The topological polar surface area (TPSA) is 69.4 Å². The second-order valence-electron chi connectivity index (χ2n) is 5.82. The average Bonchev–Trinajstić information content (AvgIpc) is 3.29. The lowest BCUT2D eigenvalue weighted by atomic mass is 9.97. The summed E-state index contributed by atoms with van der Waals surface area (Å²) in [5, 5.41) is 1.17. The molecule has 0 radical (unpaired) electrons. The maximum Gasteiger partial charge on any atom is 0.183 e. The van der Waals surface area contributed by atoms with Gasteiger partial charge in [0, 0.05) is 29.7 Å². The van der Waals surface area contributed by atoms with E-state index in [-0.39, 0.29) is 0 Å². The second kappa shape index (κ2) is 5.45. The van der Waals surface area contributed by atoms with Crippen molar-refractivity contribution in [1.29, 1.82) is 0 Å². The fourth-order valence-electron chi connectivity index (χ4n) is 3.24. The van der Waals surface area contributed by atoms with E-state index in [1.54, 1.807) is 42.5 Å². The first kappa shape index (κ1) is 13.7. The average molecular weight is 334 g/mol. The van der Waals surface area contributed by atoms with Gasteiger partial charge in [-0.25, -0.2) is 19.9 Å². The Morgan fingerprint density at radius 3 is 2.79 bits per heavy atom. The number of nitrogens with zero attached hydrogens (tertiary/aromatic N) is 6. The summed E-state index contributed by atoms with van der Waals surface area (Å²) < 4.78 is 1.96. The molecule has 0 fully saturated rings. The summed E-state index contributed by atoms with van der Waals surface area (Å²) in [6, 6.07) is 0. The van der Waals surface area contributed by atoms with Gasteiger partial charge in [-0.3, -0.25) is 9.55 Å². The SMILES string of the molecule is c1cnc(-c2nc(-n3ccnc3)c3c4c(sc3n2)CCCC4)cn1. The van der Waals surface area contributed by atoms with E-state index in [1.807, 2.05) is 10.8 Å². The number of aryl methyl sites for hydroxylation is 2. The molecule has 4 aromatic rings. The number of aromatic nitrogens is 6. The number of thiophene rings is 1. The van der Waals surface area contributed by atoms with Gasteiger partial charge < -0.3 is 0 Å². The Balaban J connectivity index is 1.83. The minimum absolute atomic E-state index is 0.609. The summed E-state index contributed by atoms with van der Waals surface area (Å²) in [6.07, 6.45) is 15.2. The van der Waals surface area contributed by atoms with Crippen LogP contribution in [0.5, 0.6) is 0 Å². The minimum atomic E-state index is 0.609. The summed E-state index contributed by atoms with van der Waals surface area (Å²) in [5.74, 6) is 1.50. The highest BCUT2D eigenvalue weighted by Gasteiger charge is 2.22. The molecule has 1 aliphatic carbocycles. The summed E-state index contributed by atoms with van der Waals surface area (Å²) in [7, 11) is 0. The van der Waals surface area contributed by atoms with Crippen LogP contribution in [-0.2, 0) is 12.8 Å². The zero-order valence-corrected chi connectivity index (χ0v) is 13.7. The normalized spacial score (nSPS) is 14.0. The van der Waals surface area contributed by atoms with Crippen LogP contribution in [0, 0.1) is 0 Å². The quantitative estimate of drug-likeness (QED) is 0.563. The first-order valence-corrected chi connectivity index (χ1v) is 8.79. The van der Waals surface area contributed by atoms with Crippen LogP contribution in [0.3, 0.4) is 0 Å². The number of rotatable bonds is 2. The van der Waals surface area contributed by atoms with Crippen molar-refractivity contribution in [3.63, 3.8) is 0 Å². The molecule has 0 N–H and O–H groups in total. The van der Waals surface area contributed by atoms with Gasteiger partial charge >= 0.3 is 0 Å². The van der Waals surface area contributed by atoms with Crippen LogP contribution in [0.4, 0.5) is 0 Å². The van der Waals surface area contributed by atoms with Crippen molar-refractivity contribution in [2.75, 3.05) is 0 Å². The molecule has 0 atom stereocenters. The van der Waals surface area contributed by atoms with Gasteiger partial charge in [0.25, 0.3) is 0 Å². The van der Waals surface area contributed by atoms with E-state index in [9.17, 15) is 0 Å². The molecule has 7 heteroatoms. The van der Waals surface area contributed by atoms with Crippen molar-refractivity contribution in [3.8, 4) is 17.3 Å². The monoisotopic (exact) mass is 334 g/mol. The molecule has 4 aromatic heterocycles. The van der Waals surface area contributed by atoms with Gasteiger partial charge in [-0.2, -0.15) is 0 Å². The van der Waals surface area contributed by atoms with Crippen LogP contribution in [-0.4, -0.2) is 29.5 Å². The summed E-state index contributed by atoms with van der Waals surface area (Å²) in [6.45, 7) is 0. The third-order valence-electron chi connectivity index (χ3n) is 4.34. The van der Waals surface area contributed by atoms with Crippen molar-refractivity contribution in [2.24, 2.45) is 0 Å². The Labute approximate surface area is 142 Å². The summed E-state index contributed by atoms with van der Waals surface area (Å²) in [5.41, 5.74) is 2.10. The number of fused-ring (bicyclic) bond motifs is 3. The van der Waals surface area contributed by atoms with Gasteiger partial charge in [0.2, 0.25) is 0 Å². The van der Waals surface area contributed by atoms with E-state index >= 15 is 0 Å². The van der Waals surface area contributed by atoms with Crippen LogP contribution in [0.25, 0.3) is 27.6 Å². The van der Waals surface area contributed by atoms with Gasteiger partial charge in [-0.05, 0) is 31.2 Å². The molecule has 0 spiro atoms. The van der Waals surface area contributed by atoms with Gasteiger partial charge in [-0.1, -0.05) is 0 Å². The molecule has 118 valence electrons. The Morgan fingerprint density at radius 2 is 1.96 bits per heavy atom. The molecule has 0 saturated heterocycles. The highest BCUT2D eigenvalue weighted by molar-refractivity contribution is 7.19. The molecule has 24 heavy (non-hydrogen) atoms. The van der Waals surface area contributed by atoms with E-state index in [0.29, 0.717) is 11.5 Å². The molecule has 0 unspecified atom stereocenters. The number of imidazole rings is 1. The zero-order valence-electron chi connectivity index (χ0n) is 12.9. The molecule has 0 aliphatic heterocycles. The Hall–Kier alpha value is -2.67. The maximum absolute atomic E-state index is 4.81. The Kier molecular flexibility index (Phi) is 3.12. The van der Waals surface area contributed by atoms with E-state index in [0.717, 1.165) is 23.5 Å². The first-order chi connectivity index (χ1) is 11.9. The summed E-state index contributed by atoms with van der Waals surface area (Å²) in [4.78, 5) is 24.8. The lowest BCUT2D eigenvalue weighted by Crippen LogP contribution is -2.04. The predicted molar refractivity (Wildman–Crippen MR) is 92.2 cm³/mol. The van der Waals surface area contributed by atoms with E-state index < -0.39 is 0 Å². The highest BCUT2D eigenvalue weighted by Crippen LogP contribution is 2.38. The standard InChI is InChI=1S/C17H14N6S/c1-2-4-13-11(3-1)14-16(23-8-7-19-10-23)21-15(22-17(14)24-13)12-9-18-5-6-20-12/h5-10H,1-4H2. The van der Waals surface area contributed by atoms with Crippen molar-refractivity contribution in [3.05, 3.63) is 47.8 Å². The van der Waals surface area contributed by atoms with Gasteiger partial charge in [-0.15, -0.1) is 11.3 Å². The second-order valence-corrected chi connectivity index (χ2v) is 6.91. The predicted octanol–water partition coefficient (Wildman–Crippen LogP) is 3.21. The van der Waals surface area contributed by atoms with Crippen LogP contribution >= 0.6 is 11.3 Å². The molecule has 0 saturated carbocycles. The van der Waals surface area contributed by atoms with Crippen LogP contribution < -0.4 is 0 Å². The van der Waals surface area contributed by atoms with Gasteiger partial charge in [0.05, 0.1) is 11.6 Å². The van der Waals surface area contributed by atoms with Crippen LogP contribution in [0.15, 0.2) is 37.3 Å². The molecule has 0 aromatic carbocycles. The van der Waals surface area contributed by atoms with E-state index in [4.69, 9.17) is 9.97 Å². The molecule has 6 nitrogen and oxygen atoms in total. The number of hydrogen-bond acceptors (Lipinski definition) is 6. The zero-order chi connectivity index (χ0) is 15.9. The van der Waals surface area contributed by atoms with Crippen molar-refractivity contribution >= 4 is 21.6 Å². The number of hydrogen-bond donors (Lipinski definition) is 0. The largest absolute Gasteiger partial charge is 0.290 e. The van der Waals surface area contributed by atoms with Crippen molar-refractivity contribution in [1.82, 2.24) is 29.5 Å². The lowest BCUT2D eigenvalue weighted by molar-refractivity contribution is 0.700. The molecular formula is C17H14N6S. The van der Waals surface area contributed by atoms with Crippen molar-refractivity contribution in [2.45, 2.75) is 25.7 Å². The third-order valence-corrected chi connectivity index (χ3v) is 5.52. The first-order valence-electron chi connectivity index (χ1n) is 7.97. The van der Waals surface area contributed by atoms with Gasteiger partial charge in [0.1, 0.15) is 16.9 Å². The van der Waals surface area contributed by atoms with E-state index in [1.165, 1.54) is 28.7 Å². The Morgan fingerprint density at radius 1 is 1.00 bits per heavy atom. The minimum Gasteiger partial charge on any atom is -0.290 e. The summed E-state index contributed by atoms with van der Waals surface area (Å²) >= 11 is 1.79. The fraction of sp³-hybridized carbons (Fsp3) is 0.235. The smallest absolute Gasteiger partial charge is 0.183 e. The molecule has 0 amide bonds. The highest BCUT2D eigenvalue weighted by atomic mass is 32.1. The molecular weight excluding hydrogens is 320 g/mol. The Bertz CT molecular complexity index is 1010. The van der Waals surface area contributed by atoms with Crippen LogP contribution in [0.2, 0.25) is 0 Å². The third kappa shape index (κ3) is 2.12. The van der Waals surface area contributed by atoms with Crippen LogP contribution in [0.1, 0.15) is 23.3 Å².